The Labute approximate surface area is 146 Å². The molecule has 0 aliphatic carbocycles. The van der Waals surface area contributed by atoms with Gasteiger partial charge < -0.3 is 10.0 Å². The van der Waals surface area contributed by atoms with Crippen molar-refractivity contribution in [1.29, 1.82) is 0 Å². The smallest absolute Gasteiger partial charge is 0.416 e. The number of piperidine rings is 1. The van der Waals surface area contributed by atoms with Gasteiger partial charge in [-0.1, -0.05) is 18.2 Å². The number of rotatable bonds is 5. The zero-order chi connectivity index (χ0) is 19.5. The first-order chi connectivity index (χ1) is 12.0. The predicted octanol–water partition coefficient (Wildman–Crippen LogP) is 4.54. The summed E-state index contributed by atoms with van der Waals surface area (Å²) >= 11 is 0. The van der Waals surface area contributed by atoms with Crippen LogP contribution in [0.25, 0.3) is 0 Å². The van der Waals surface area contributed by atoms with Gasteiger partial charge in [-0.2, -0.15) is 26.3 Å². The summed E-state index contributed by atoms with van der Waals surface area (Å²) in [6, 6.07) is 4.82. The fraction of sp³-hybridized carbons (Fsp3) is 0.588. The van der Waals surface area contributed by atoms with E-state index in [2.05, 4.69) is 0 Å². The van der Waals surface area contributed by atoms with Crippen LogP contribution in [0.2, 0.25) is 0 Å². The van der Waals surface area contributed by atoms with E-state index in [0.717, 1.165) is 12.1 Å². The molecule has 0 spiro atoms. The molecule has 2 atom stereocenters. The molecule has 1 aromatic carbocycles. The van der Waals surface area contributed by atoms with E-state index >= 15 is 0 Å². The number of hydrogen-bond acceptors (Lipinski definition) is 2. The van der Waals surface area contributed by atoms with Gasteiger partial charge in [0.05, 0.1) is 17.9 Å². The average molecular weight is 383 g/mol. The van der Waals surface area contributed by atoms with Gasteiger partial charge in [0.2, 0.25) is 0 Å². The van der Waals surface area contributed by atoms with Gasteiger partial charge in [0.1, 0.15) is 0 Å². The van der Waals surface area contributed by atoms with Crippen molar-refractivity contribution in [3.63, 3.8) is 0 Å². The maximum atomic E-state index is 13.0. The maximum absolute atomic E-state index is 13.0. The van der Waals surface area contributed by atoms with Crippen molar-refractivity contribution in [2.24, 2.45) is 5.92 Å². The molecule has 0 radical (unpaired) electrons. The number of carboxylic acids is 1. The Morgan fingerprint density at radius 3 is 2.50 bits per heavy atom. The van der Waals surface area contributed by atoms with Crippen molar-refractivity contribution in [1.82, 2.24) is 4.90 Å². The summed E-state index contributed by atoms with van der Waals surface area (Å²) in [4.78, 5) is 12.2. The highest BCUT2D eigenvalue weighted by molar-refractivity contribution is 5.67. The van der Waals surface area contributed by atoms with Gasteiger partial charge in [-0.15, -0.1) is 0 Å². The van der Waals surface area contributed by atoms with E-state index < -0.39 is 42.8 Å². The third-order valence-corrected chi connectivity index (χ3v) is 4.55. The van der Waals surface area contributed by atoms with Crippen LogP contribution in [0.3, 0.4) is 0 Å². The summed E-state index contributed by atoms with van der Waals surface area (Å²) in [5.41, 5.74) is -0.350. The summed E-state index contributed by atoms with van der Waals surface area (Å²) < 4.78 is 77.6. The normalized spacial score (nSPS) is 20.8. The number of alkyl halides is 6. The highest BCUT2D eigenvalue weighted by Crippen LogP contribution is 2.35. The molecule has 2 rings (SSSR count). The maximum Gasteiger partial charge on any atom is 0.416 e. The first kappa shape index (κ1) is 20.5. The van der Waals surface area contributed by atoms with E-state index in [4.69, 9.17) is 5.11 Å². The highest BCUT2D eigenvalue weighted by atomic mass is 19.4. The van der Waals surface area contributed by atoms with Crippen LogP contribution in [0.15, 0.2) is 24.3 Å². The fourth-order valence-electron chi connectivity index (χ4n) is 3.27. The molecule has 1 heterocycles. The minimum absolute atomic E-state index is 0.174. The van der Waals surface area contributed by atoms with Crippen molar-refractivity contribution in [3.8, 4) is 0 Å². The molecule has 0 unspecified atom stereocenters. The largest absolute Gasteiger partial charge is 0.481 e. The molecule has 0 amide bonds. The molecule has 3 nitrogen and oxygen atoms in total. The molecule has 1 N–H and O–H groups in total. The first-order valence-corrected chi connectivity index (χ1v) is 8.15. The van der Waals surface area contributed by atoms with Crippen molar-refractivity contribution in [3.05, 3.63) is 35.4 Å². The molecule has 1 aliphatic heterocycles. The van der Waals surface area contributed by atoms with Gasteiger partial charge in [0, 0.05) is 13.1 Å². The second-order valence-corrected chi connectivity index (χ2v) is 6.56. The van der Waals surface area contributed by atoms with Crippen LogP contribution in [-0.4, -0.2) is 41.8 Å². The minimum Gasteiger partial charge on any atom is -0.481 e. The van der Waals surface area contributed by atoms with Gasteiger partial charge in [-0.25, -0.2) is 0 Å². The van der Waals surface area contributed by atoms with E-state index in [0.29, 0.717) is 24.9 Å². The zero-order valence-corrected chi connectivity index (χ0v) is 13.8. The lowest BCUT2D eigenvalue weighted by Gasteiger charge is -2.35. The third kappa shape index (κ3) is 5.62. The van der Waals surface area contributed by atoms with Crippen molar-refractivity contribution in [2.45, 2.75) is 37.5 Å². The Hall–Kier alpha value is -1.77. The number of carbonyl (C=O) groups is 1. The number of hydrogen-bond donors (Lipinski definition) is 1. The van der Waals surface area contributed by atoms with Crippen LogP contribution in [-0.2, 0) is 11.0 Å². The Morgan fingerprint density at radius 1 is 1.23 bits per heavy atom. The second-order valence-electron chi connectivity index (χ2n) is 6.56. The first-order valence-electron chi connectivity index (χ1n) is 8.15. The summed E-state index contributed by atoms with van der Waals surface area (Å²) in [6.45, 7) is 0.0699. The molecular formula is C17H19F6NO2. The van der Waals surface area contributed by atoms with Gasteiger partial charge in [-0.3, -0.25) is 4.79 Å². The molecule has 0 bridgehead atoms. The number of likely N-dealkylation sites (tertiary alicyclic amines) is 1. The van der Waals surface area contributed by atoms with Gasteiger partial charge in [0.15, 0.2) is 0 Å². The zero-order valence-electron chi connectivity index (χ0n) is 13.8. The average Bonchev–Trinajstić information content (AvgIpc) is 2.53. The van der Waals surface area contributed by atoms with Crippen LogP contribution in [0.4, 0.5) is 26.3 Å². The topological polar surface area (TPSA) is 40.5 Å². The fourth-order valence-corrected chi connectivity index (χ4v) is 3.27. The molecule has 26 heavy (non-hydrogen) atoms. The molecule has 146 valence electrons. The summed E-state index contributed by atoms with van der Waals surface area (Å²) in [5, 5.41) is 8.69. The Morgan fingerprint density at radius 2 is 1.92 bits per heavy atom. The quantitative estimate of drug-likeness (QED) is 0.759. The Kier molecular flexibility index (Phi) is 6.21. The van der Waals surface area contributed by atoms with Crippen LogP contribution in [0.5, 0.6) is 0 Å². The lowest BCUT2D eigenvalue weighted by atomic mass is 9.89. The van der Waals surface area contributed by atoms with Crippen molar-refractivity contribution < 1.29 is 36.2 Å². The molecule has 0 aromatic heterocycles. The summed E-state index contributed by atoms with van der Waals surface area (Å²) in [7, 11) is 0. The number of nitrogens with zero attached hydrogens (tertiary/aromatic N) is 1. The summed E-state index contributed by atoms with van der Waals surface area (Å²) in [6.07, 6.45) is -9.02. The molecule has 1 aliphatic rings. The van der Waals surface area contributed by atoms with Crippen molar-refractivity contribution in [2.75, 3.05) is 19.6 Å². The van der Waals surface area contributed by atoms with E-state index in [1.165, 1.54) is 11.0 Å². The van der Waals surface area contributed by atoms with E-state index in [1.807, 2.05) is 0 Å². The molecule has 1 saturated heterocycles. The van der Waals surface area contributed by atoms with Crippen molar-refractivity contribution >= 4 is 5.97 Å². The lowest BCUT2D eigenvalue weighted by molar-refractivity contribution is -0.187. The van der Waals surface area contributed by atoms with E-state index in [-0.39, 0.29) is 12.5 Å². The number of carboxylic acid groups (broad SMARTS) is 1. The molecule has 9 heteroatoms. The molecular weight excluding hydrogens is 364 g/mol. The molecule has 1 fully saturated rings. The van der Waals surface area contributed by atoms with Crippen LogP contribution in [0.1, 0.15) is 36.3 Å². The van der Waals surface area contributed by atoms with Crippen LogP contribution >= 0.6 is 0 Å². The highest BCUT2D eigenvalue weighted by Gasteiger charge is 2.42. The lowest BCUT2D eigenvalue weighted by Crippen LogP contribution is -2.42. The predicted molar refractivity (Wildman–Crippen MR) is 81.7 cm³/mol. The van der Waals surface area contributed by atoms with Gasteiger partial charge >= 0.3 is 18.3 Å². The van der Waals surface area contributed by atoms with E-state index in [1.54, 1.807) is 6.07 Å². The van der Waals surface area contributed by atoms with E-state index in [9.17, 15) is 31.1 Å². The standard InChI is InChI=1S/C17H19F6NO2/c18-16(19,20)13-5-1-3-11(7-13)12-4-2-6-24(9-12)10-14(8-15(25)26)17(21,22)23/h1,3,5,7,12,14H,2,4,6,8-10H2,(H,25,26)/t12-,14+/m0/s1. The summed E-state index contributed by atoms with van der Waals surface area (Å²) in [5.74, 6) is -3.84. The Bertz CT molecular complexity index is 628. The molecule has 1 aromatic rings. The third-order valence-electron chi connectivity index (χ3n) is 4.55. The Balaban J connectivity index is 2.10. The molecule has 0 saturated carbocycles. The van der Waals surface area contributed by atoms with Crippen LogP contribution in [0, 0.1) is 5.92 Å². The van der Waals surface area contributed by atoms with Gasteiger partial charge in [-0.05, 0) is 36.9 Å². The minimum atomic E-state index is -4.64. The monoisotopic (exact) mass is 383 g/mol. The van der Waals surface area contributed by atoms with Crippen LogP contribution < -0.4 is 0 Å². The number of benzene rings is 1. The second kappa shape index (κ2) is 7.85. The number of aliphatic carboxylic acids is 1. The number of halogens is 6. The van der Waals surface area contributed by atoms with Gasteiger partial charge in [0.25, 0.3) is 0 Å². The SMILES string of the molecule is O=C(O)C[C@H](CN1CCC[C@H](c2cccc(C(F)(F)F)c2)C1)C(F)(F)F.